The number of aromatic nitrogens is 3. The number of ketones is 1. The van der Waals surface area contributed by atoms with Gasteiger partial charge in [0.2, 0.25) is 0 Å². The highest BCUT2D eigenvalue weighted by atomic mass is 16.1. The number of nitrogens with zero attached hydrogens (tertiary/aromatic N) is 4. The van der Waals surface area contributed by atoms with Crippen molar-refractivity contribution in [1.29, 1.82) is 0 Å². The second kappa shape index (κ2) is 6.04. The summed E-state index contributed by atoms with van der Waals surface area (Å²) in [6, 6.07) is 11.8. The van der Waals surface area contributed by atoms with E-state index in [-0.39, 0.29) is 5.78 Å². The van der Waals surface area contributed by atoms with Gasteiger partial charge in [0.1, 0.15) is 0 Å². The number of fused-ring (bicyclic) bond motifs is 1. The molecule has 0 bridgehead atoms. The van der Waals surface area contributed by atoms with Crippen LogP contribution >= 0.6 is 0 Å². The predicted octanol–water partition coefficient (Wildman–Crippen LogP) is 3.13. The van der Waals surface area contributed by atoms with Gasteiger partial charge in [0.05, 0.1) is 17.0 Å². The van der Waals surface area contributed by atoms with Gasteiger partial charge in [-0.1, -0.05) is 30.3 Å². The zero-order valence-electron chi connectivity index (χ0n) is 13.4. The van der Waals surface area contributed by atoms with Crippen molar-refractivity contribution >= 4 is 17.5 Å². The zero-order valence-corrected chi connectivity index (χ0v) is 13.4. The highest BCUT2D eigenvalue weighted by Gasteiger charge is 2.13. The van der Waals surface area contributed by atoms with Gasteiger partial charge in [0, 0.05) is 38.1 Å². The molecule has 23 heavy (non-hydrogen) atoms. The molecule has 0 radical (unpaired) electrons. The van der Waals surface area contributed by atoms with Gasteiger partial charge in [-0.25, -0.2) is 9.50 Å². The van der Waals surface area contributed by atoms with Crippen LogP contribution in [0.5, 0.6) is 0 Å². The molecule has 0 spiro atoms. The second-order valence-corrected chi connectivity index (χ2v) is 5.56. The summed E-state index contributed by atoms with van der Waals surface area (Å²) in [6.07, 6.45) is 5.39. The molecule has 1 aromatic carbocycles. The molecule has 0 aliphatic heterocycles. The molecule has 0 N–H and O–H groups in total. The topological polar surface area (TPSA) is 50.5 Å². The molecule has 0 unspecified atom stereocenters. The molecule has 5 nitrogen and oxygen atoms in total. The van der Waals surface area contributed by atoms with E-state index in [0.717, 1.165) is 17.0 Å². The average Bonchev–Trinajstić information content (AvgIpc) is 2.97. The van der Waals surface area contributed by atoms with E-state index < -0.39 is 0 Å². The van der Waals surface area contributed by atoms with Crippen molar-refractivity contribution in [3.63, 3.8) is 0 Å². The van der Waals surface area contributed by atoms with E-state index in [9.17, 15) is 4.79 Å². The third kappa shape index (κ3) is 2.99. The van der Waals surface area contributed by atoms with Crippen LogP contribution in [0.15, 0.2) is 48.8 Å². The first-order valence-corrected chi connectivity index (χ1v) is 7.36. The summed E-state index contributed by atoms with van der Waals surface area (Å²) in [5, 5.41) is 4.64. The van der Waals surface area contributed by atoms with E-state index in [4.69, 9.17) is 0 Å². The number of carbonyl (C=O) groups excluding carboxylic acids is 1. The first-order chi connectivity index (χ1) is 11.1. The lowest BCUT2D eigenvalue weighted by Gasteiger charge is -2.07. The molecule has 3 rings (SSSR count). The van der Waals surface area contributed by atoms with Crippen LogP contribution in [-0.4, -0.2) is 39.4 Å². The molecule has 5 heteroatoms. The van der Waals surface area contributed by atoms with Crippen LogP contribution in [0.4, 0.5) is 0 Å². The van der Waals surface area contributed by atoms with Crippen molar-refractivity contribution in [3.8, 4) is 11.3 Å². The Morgan fingerprint density at radius 3 is 2.61 bits per heavy atom. The first kappa shape index (κ1) is 15.0. The highest BCUT2D eigenvalue weighted by molar-refractivity contribution is 5.97. The Kier molecular flexibility index (Phi) is 3.93. The van der Waals surface area contributed by atoms with Crippen molar-refractivity contribution in [2.75, 3.05) is 14.1 Å². The molecular weight excluding hydrogens is 288 g/mol. The molecule has 0 aliphatic rings. The third-order valence-electron chi connectivity index (χ3n) is 3.50. The Balaban J connectivity index is 2.21. The van der Waals surface area contributed by atoms with Crippen molar-refractivity contribution in [2.24, 2.45) is 0 Å². The number of hydrogen-bond donors (Lipinski definition) is 0. The summed E-state index contributed by atoms with van der Waals surface area (Å²) in [7, 11) is 3.86. The van der Waals surface area contributed by atoms with Crippen LogP contribution in [0.3, 0.4) is 0 Å². The zero-order chi connectivity index (χ0) is 16.4. The Morgan fingerprint density at radius 2 is 1.96 bits per heavy atom. The molecule has 0 atom stereocenters. The largest absolute Gasteiger partial charge is 0.383 e. The van der Waals surface area contributed by atoms with Crippen LogP contribution in [-0.2, 0) is 0 Å². The normalized spacial score (nSPS) is 11.3. The maximum absolute atomic E-state index is 11.9. The fourth-order valence-corrected chi connectivity index (χ4v) is 2.35. The number of carbonyl (C=O) groups is 1. The Labute approximate surface area is 134 Å². The molecule has 0 amide bonds. The third-order valence-corrected chi connectivity index (χ3v) is 3.50. The molecule has 0 aliphatic carbocycles. The molecule has 2 aromatic heterocycles. The van der Waals surface area contributed by atoms with E-state index in [2.05, 4.69) is 10.1 Å². The van der Waals surface area contributed by atoms with Crippen molar-refractivity contribution in [1.82, 2.24) is 19.5 Å². The van der Waals surface area contributed by atoms with Crippen molar-refractivity contribution in [2.45, 2.75) is 6.92 Å². The summed E-state index contributed by atoms with van der Waals surface area (Å²) < 4.78 is 1.72. The summed E-state index contributed by atoms with van der Waals surface area (Å²) in [4.78, 5) is 18.2. The van der Waals surface area contributed by atoms with Crippen molar-refractivity contribution < 1.29 is 4.79 Å². The van der Waals surface area contributed by atoms with Crippen LogP contribution in [0.1, 0.15) is 23.0 Å². The Bertz CT molecular complexity index is 879. The standard InChI is InChI=1S/C18H18N4O/c1-13(23)15-12-19-18-11-16(14-7-5-4-6-8-14)20-22(18)17(15)9-10-21(2)3/h4-12H,1-3H3/b10-9+. The van der Waals surface area contributed by atoms with E-state index in [1.165, 1.54) is 6.92 Å². The van der Waals surface area contributed by atoms with Gasteiger partial charge in [-0.2, -0.15) is 5.10 Å². The van der Waals surface area contributed by atoms with Crippen LogP contribution < -0.4 is 0 Å². The minimum atomic E-state index is -0.0328. The minimum Gasteiger partial charge on any atom is -0.383 e. The first-order valence-electron chi connectivity index (χ1n) is 7.36. The fraction of sp³-hybridized carbons (Fsp3) is 0.167. The monoisotopic (exact) mass is 306 g/mol. The number of benzene rings is 1. The summed E-state index contributed by atoms with van der Waals surface area (Å²) in [5.41, 5.74) is 3.85. The lowest BCUT2D eigenvalue weighted by atomic mass is 10.1. The van der Waals surface area contributed by atoms with E-state index in [1.54, 1.807) is 10.7 Å². The maximum Gasteiger partial charge on any atom is 0.163 e. The number of hydrogen-bond acceptors (Lipinski definition) is 4. The van der Waals surface area contributed by atoms with Gasteiger partial charge >= 0.3 is 0 Å². The quantitative estimate of drug-likeness (QED) is 0.695. The van der Waals surface area contributed by atoms with Crippen LogP contribution in [0, 0.1) is 0 Å². The smallest absolute Gasteiger partial charge is 0.163 e. The fourth-order valence-electron chi connectivity index (χ4n) is 2.35. The molecule has 116 valence electrons. The summed E-state index contributed by atoms with van der Waals surface area (Å²) in [5.74, 6) is -0.0328. The highest BCUT2D eigenvalue weighted by Crippen LogP contribution is 2.21. The SMILES string of the molecule is CC(=O)c1cnc2cc(-c3ccccc3)nn2c1/C=C/N(C)C. The molecule has 0 saturated heterocycles. The average molecular weight is 306 g/mol. The lowest BCUT2D eigenvalue weighted by Crippen LogP contribution is -2.07. The molecule has 3 aromatic rings. The van der Waals surface area contributed by atoms with E-state index in [0.29, 0.717) is 11.2 Å². The molecule has 0 fully saturated rings. The van der Waals surface area contributed by atoms with Crippen LogP contribution in [0.25, 0.3) is 23.0 Å². The van der Waals surface area contributed by atoms with Gasteiger partial charge in [0.25, 0.3) is 0 Å². The Morgan fingerprint density at radius 1 is 1.22 bits per heavy atom. The van der Waals surface area contributed by atoms with E-state index in [1.807, 2.05) is 67.7 Å². The summed E-state index contributed by atoms with van der Waals surface area (Å²) in [6.45, 7) is 1.54. The number of rotatable bonds is 4. The van der Waals surface area contributed by atoms with Gasteiger partial charge in [-0.05, 0) is 13.0 Å². The lowest BCUT2D eigenvalue weighted by molar-refractivity contribution is 0.101. The molecule has 0 saturated carbocycles. The molecule has 2 heterocycles. The van der Waals surface area contributed by atoms with Crippen LogP contribution in [0.2, 0.25) is 0 Å². The predicted molar refractivity (Wildman–Crippen MR) is 91.1 cm³/mol. The van der Waals surface area contributed by atoms with Gasteiger partial charge in [0.15, 0.2) is 11.4 Å². The van der Waals surface area contributed by atoms with Crippen molar-refractivity contribution in [3.05, 3.63) is 60.1 Å². The van der Waals surface area contributed by atoms with E-state index >= 15 is 0 Å². The second-order valence-electron chi connectivity index (χ2n) is 5.56. The van der Waals surface area contributed by atoms with Gasteiger partial charge < -0.3 is 4.90 Å². The summed E-state index contributed by atoms with van der Waals surface area (Å²) >= 11 is 0. The minimum absolute atomic E-state index is 0.0328. The van der Waals surface area contributed by atoms with Gasteiger partial charge in [-0.15, -0.1) is 0 Å². The van der Waals surface area contributed by atoms with Gasteiger partial charge in [-0.3, -0.25) is 4.79 Å². The molecular formula is C18H18N4O. The Hall–Kier alpha value is -2.95. The number of Topliss-reactive ketones (excluding diaryl/α,β-unsaturated/α-hetero) is 1. The maximum atomic E-state index is 11.9.